The van der Waals surface area contributed by atoms with Crippen molar-refractivity contribution in [2.45, 2.75) is 103 Å². The molecule has 5 rings (SSSR count). The van der Waals surface area contributed by atoms with Gasteiger partial charge in [-0.25, -0.2) is 9.78 Å². The normalized spacial score (nSPS) is 49.3. The third kappa shape index (κ3) is 2.76. The van der Waals surface area contributed by atoms with Gasteiger partial charge in [0.25, 0.3) is 0 Å². The molecule has 178 valence electrons. The van der Waals surface area contributed by atoms with E-state index in [9.17, 15) is 10.2 Å². The molecule has 9 atom stereocenters. The van der Waals surface area contributed by atoms with Crippen molar-refractivity contribution in [2.75, 3.05) is 0 Å². The number of aliphatic hydroxyl groups excluding tert-OH is 2. The summed E-state index contributed by atoms with van der Waals surface area (Å²) in [6.07, 6.45) is 13.3. The lowest BCUT2D eigenvalue weighted by Crippen LogP contribution is -2.61. The fourth-order valence-corrected chi connectivity index (χ4v) is 7.93. The highest BCUT2D eigenvalue weighted by molar-refractivity contribution is 5.52. The zero-order chi connectivity index (χ0) is 23.1. The molecule has 1 aliphatic heterocycles. The Hall–Kier alpha value is -0.940. The number of hydrogen-bond donors (Lipinski definition) is 2. The Morgan fingerprint density at radius 3 is 2.50 bits per heavy atom. The second-order valence-corrected chi connectivity index (χ2v) is 12.4. The molecule has 2 bridgehead atoms. The lowest BCUT2D eigenvalue weighted by Gasteiger charge is -2.56. The molecule has 9 unspecified atom stereocenters. The van der Waals surface area contributed by atoms with Gasteiger partial charge >= 0.3 is 0 Å². The molecule has 1 spiro atoms. The van der Waals surface area contributed by atoms with Crippen molar-refractivity contribution in [3.05, 3.63) is 35.5 Å². The number of rotatable bonds is 4. The summed E-state index contributed by atoms with van der Waals surface area (Å²) in [5.74, 6) is 2.02. The van der Waals surface area contributed by atoms with Gasteiger partial charge in [-0.05, 0) is 78.4 Å². The highest BCUT2D eigenvalue weighted by Crippen LogP contribution is 2.71. The van der Waals surface area contributed by atoms with Crippen LogP contribution in [0.25, 0.3) is 0 Å². The van der Waals surface area contributed by atoms with E-state index < -0.39 is 17.3 Å². The summed E-state index contributed by atoms with van der Waals surface area (Å²) in [6, 6.07) is 0. The molecular weight excluding hydrogens is 400 g/mol. The standard InChI is InChI=1S/C28H42O4/c1-17(2)18(3)7-8-19(4)22-15-23(30)24-21-10-12-27-16-20(29)9-11-26(27,6)28(21,32-31-27)14-13-25(22,24)5/h7-8,10,12,17-20,22-23,29-30H,9,11,13-16H2,1-6H3. The predicted octanol–water partition coefficient (Wildman–Crippen LogP) is 5.51. The quantitative estimate of drug-likeness (QED) is 0.445. The van der Waals surface area contributed by atoms with Crippen LogP contribution < -0.4 is 0 Å². The number of hydrogen-bond acceptors (Lipinski definition) is 4. The minimum Gasteiger partial charge on any atom is -0.393 e. The maximum atomic E-state index is 11.4. The highest BCUT2D eigenvalue weighted by atomic mass is 17.2. The summed E-state index contributed by atoms with van der Waals surface area (Å²) < 4.78 is 0. The van der Waals surface area contributed by atoms with E-state index in [4.69, 9.17) is 9.78 Å². The molecule has 4 nitrogen and oxygen atoms in total. The van der Waals surface area contributed by atoms with Gasteiger partial charge in [0, 0.05) is 11.8 Å². The van der Waals surface area contributed by atoms with E-state index in [0.717, 1.165) is 32.1 Å². The van der Waals surface area contributed by atoms with E-state index in [1.165, 1.54) is 11.1 Å². The van der Waals surface area contributed by atoms with Crippen molar-refractivity contribution in [1.29, 1.82) is 0 Å². The average Bonchev–Trinajstić information content (AvgIpc) is 3.07. The van der Waals surface area contributed by atoms with Crippen LogP contribution in [-0.2, 0) is 9.78 Å². The van der Waals surface area contributed by atoms with Crippen molar-refractivity contribution in [3.63, 3.8) is 0 Å². The van der Waals surface area contributed by atoms with Gasteiger partial charge in [0.15, 0.2) is 0 Å². The third-order valence-corrected chi connectivity index (χ3v) is 10.6. The van der Waals surface area contributed by atoms with Gasteiger partial charge in [-0.1, -0.05) is 59.8 Å². The maximum absolute atomic E-state index is 11.4. The second kappa shape index (κ2) is 7.28. The first kappa shape index (κ1) is 22.8. The molecule has 0 amide bonds. The van der Waals surface area contributed by atoms with Crippen molar-refractivity contribution < 1.29 is 20.0 Å². The number of fused-ring (bicyclic) bond motifs is 1. The summed E-state index contributed by atoms with van der Waals surface area (Å²) in [6.45, 7) is 13.8. The van der Waals surface area contributed by atoms with Crippen LogP contribution in [0.15, 0.2) is 35.5 Å². The van der Waals surface area contributed by atoms with Crippen LogP contribution in [0.5, 0.6) is 0 Å². The Morgan fingerprint density at radius 2 is 1.78 bits per heavy atom. The van der Waals surface area contributed by atoms with Crippen molar-refractivity contribution in [2.24, 2.45) is 34.5 Å². The molecule has 4 aliphatic carbocycles. The fourth-order valence-electron chi connectivity index (χ4n) is 7.93. The Morgan fingerprint density at radius 1 is 1.03 bits per heavy atom. The third-order valence-electron chi connectivity index (χ3n) is 10.6. The van der Waals surface area contributed by atoms with Crippen LogP contribution in [0, 0.1) is 34.5 Å². The first-order chi connectivity index (χ1) is 15.0. The zero-order valence-electron chi connectivity index (χ0n) is 20.7. The second-order valence-electron chi connectivity index (χ2n) is 12.4. The van der Waals surface area contributed by atoms with Gasteiger partial charge in [-0.15, -0.1) is 0 Å². The van der Waals surface area contributed by atoms with Gasteiger partial charge in [-0.2, -0.15) is 0 Å². The van der Waals surface area contributed by atoms with Crippen molar-refractivity contribution in [3.8, 4) is 0 Å². The van der Waals surface area contributed by atoms with E-state index in [1.807, 2.05) is 0 Å². The highest BCUT2D eigenvalue weighted by Gasteiger charge is 2.74. The van der Waals surface area contributed by atoms with Gasteiger partial charge < -0.3 is 10.2 Å². The van der Waals surface area contributed by atoms with Gasteiger partial charge in [-0.3, -0.25) is 0 Å². The molecule has 0 aromatic heterocycles. The predicted molar refractivity (Wildman–Crippen MR) is 126 cm³/mol. The molecule has 0 aromatic rings. The zero-order valence-corrected chi connectivity index (χ0v) is 20.7. The summed E-state index contributed by atoms with van der Waals surface area (Å²) >= 11 is 0. The van der Waals surface area contributed by atoms with Gasteiger partial charge in [0.05, 0.1) is 12.2 Å². The summed E-state index contributed by atoms with van der Waals surface area (Å²) in [7, 11) is 0. The van der Waals surface area contributed by atoms with Gasteiger partial charge in [0.2, 0.25) is 0 Å². The first-order valence-corrected chi connectivity index (χ1v) is 12.9. The summed E-state index contributed by atoms with van der Waals surface area (Å²) in [5.41, 5.74) is 1.03. The SMILES string of the molecule is CC(C)C(C)C=CC(C)C1CC(O)C2=C3C=CC45CC(O)CCC4(C)C3(CCC21C)OO5. The molecule has 4 heteroatoms. The largest absolute Gasteiger partial charge is 0.393 e. The minimum absolute atomic E-state index is 0.0361. The maximum Gasteiger partial charge on any atom is 0.137 e. The van der Waals surface area contributed by atoms with E-state index in [-0.39, 0.29) is 16.9 Å². The molecule has 0 radical (unpaired) electrons. The smallest absolute Gasteiger partial charge is 0.137 e. The molecule has 1 saturated heterocycles. The Labute approximate surface area is 193 Å². The minimum atomic E-state index is -0.561. The molecule has 3 fully saturated rings. The first-order valence-electron chi connectivity index (χ1n) is 12.9. The Kier molecular flexibility index (Phi) is 5.19. The lowest BCUT2D eigenvalue weighted by molar-refractivity contribution is -0.337. The lowest BCUT2D eigenvalue weighted by atomic mass is 9.47. The van der Waals surface area contributed by atoms with Crippen LogP contribution >= 0.6 is 0 Å². The van der Waals surface area contributed by atoms with E-state index in [2.05, 4.69) is 65.8 Å². The monoisotopic (exact) mass is 442 g/mol. The summed E-state index contributed by atoms with van der Waals surface area (Å²) in [5, 5.41) is 21.8. The van der Waals surface area contributed by atoms with Crippen molar-refractivity contribution >= 4 is 0 Å². The van der Waals surface area contributed by atoms with Crippen LogP contribution in [0.1, 0.15) is 80.1 Å². The van der Waals surface area contributed by atoms with Crippen LogP contribution in [0.4, 0.5) is 0 Å². The van der Waals surface area contributed by atoms with E-state index in [0.29, 0.717) is 30.1 Å². The molecule has 32 heavy (non-hydrogen) atoms. The van der Waals surface area contributed by atoms with Gasteiger partial charge in [0.1, 0.15) is 11.2 Å². The van der Waals surface area contributed by atoms with Crippen molar-refractivity contribution in [1.82, 2.24) is 0 Å². The molecule has 2 saturated carbocycles. The molecular formula is C28H42O4. The fraction of sp³-hybridized carbons (Fsp3) is 0.786. The number of allylic oxidation sites excluding steroid dienone is 2. The topological polar surface area (TPSA) is 58.9 Å². The van der Waals surface area contributed by atoms with E-state index >= 15 is 0 Å². The average molecular weight is 443 g/mol. The molecule has 0 aromatic carbocycles. The van der Waals surface area contributed by atoms with E-state index in [1.54, 1.807) is 0 Å². The Balaban J connectivity index is 1.55. The number of aliphatic hydroxyl groups is 2. The summed E-state index contributed by atoms with van der Waals surface area (Å²) in [4.78, 5) is 12.4. The van der Waals surface area contributed by atoms with Crippen LogP contribution in [-0.4, -0.2) is 33.6 Å². The Bertz CT molecular complexity index is 873. The van der Waals surface area contributed by atoms with Crippen LogP contribution in [0.2, 0.25) is 0 Å². The molecule has 2 N–H and O–H groups in total. The van der Waals surface area contributed by atoms with Crippen LogP contribution in [0.3, 0.4) is 0 Å². The molecule has 1 heterocycles. The molecule has 5 aliphatic rings.